The van der Waals surface area contributed by atoms with E-state index >= 15 is 0 Å². The zero-order valence-corrected chi connectivity index (χ0v) is 43.2. The minimum absolute atomic E-state index is 0. The Balaban J connectivity index is 0.00000882. The van der Waals surface area contributed by atoms with Crippen LogP contribution in [0.25, 0.3) is 72.7 Å². The molecule has 6 aromatic carbocycles. The quantitative estimate of drug-likeness (QED) is 0.154. The van der Waals surface area contributed by atoms with Gasteiger partial charge in [0.15, 0.2) is 0 Å². The van der Waals surface area contributed by atoms with Gasteiger partial charge in [-0.15, -0.1) is 29.3 Å². The Kier molecular flexibility index (Phi) is 10.1. The third-order valence-corrected chi connectivity index (χ3v) is 12.5. The summed E-state index contributed by atoms with van der Waals surface area (Å²) in [4.78, 5) is 10.2. The Labute approximate surface area is 430 Å². The molecule has 0 unspecified atom stereocenters. The van der Waals surface area contributed by atoms with Crippen molar-refractivity contribution in [2.45, 2.75) is 132 Å². The maximum absolute atomic E-state index is 12.6. The van der Waals surface area contributed by atoms with Gasteiger partial charge in [-0.2, -0.15) is 0 Å². The van der Waals surface area contributed by atoms with Crippen molar-refractivity contribution in [1.82, 2.24) is 14.5 Å². The van der Waals surface area contributed by atoms with Crippen LogP contribution >= 0.6 is 0 Å². The predicted molar refractivity (Wildman–Crippen MR) is 280 cm³/mol. The Morgan fingerprint density at radius 3 is 1.97 bits per heavy atom. The normalized spacial score (nSPS) is 15.2. The molecule has 67 heavy (non-hydrogen) atoms. The molecule has 0 amide bonds. The number of imidazole rings is 1. The third-order valence-electron chi connectivity index (χ3n) is 12.5. The van der Waals surface area contributed by atoms with Crippen molar-refractivity contribution in [2.24, 2.45) is 0 Å². The first-order chi connectivity index (χ1) is 35.4. The van der Waals surface area contributed by atoms with Crippen LogP contribution in [0.5, 0.6) is 5.75 Å². The number of hydrogen-bond acceptors (Lipinski definition) is 3. The molecule has 0 bridgehead atoms. The van der Waals surface area contributed by atoms with Crippen molar-refractivity contribution < 1.29 is 41.3 Å². The first kappa shape index (κ1) is 36.5. The molecule has 0 atom stereocenters. The van der Waals surface area contributed by atoms with Gasteiger partial charge in [-0.05, 0) is 117 Å². The van der Waals surface area contributed by atoms with Crippen molar-refractivity contribution in [3.8, 4) is 67.5 Å². The first-order valence-corrected chi connectivity index (χ1v) is 22.7. The molecule has 0 radical (unpaired) electrons. The second kappa shape index (κ2) is 18.5. The first-order valence-electron chi connectivity index (χ1n) is 28.2. The molecular weight excluding hydrogens is 998 g/mol. The van der Waals surface area contributed by atoms with Crippen molar-refractivity contribution in [3.05, 3.63) is 166 Å². The number of aryl methyl sites for hydroxylation is 1. The molecule has 0 aliphatic heterocycles. The summed E-state index contributed by atoms with van der Waals surface area (Å²) in [6, 6.07) is 29.8. The predicted octanol–water partition coefficient (Wildman–Crippen LogP) is 17.0. The van der Waals surface area contributed by atoms with Crippen LogP contribution in [0.1, 0.15) is 156 Å². The van der Waals surface area contributed by atoms with Crippen molar-refractivity contribution in [3.63, 3.8) is 0 Å². The van der Waals surface area contributed by atoms with Crippen LogP contribution in [-0.2, 0) is 37.3 Å². The van der Waals surface area contributed by atoms with Crippen molar-refractivity contribution >= 4 is 11.0 Å². The van der Waals surface area contributed by atoms with Crippen LogP contribution in [0.15, 0.2) is 121 Å². The summed E-state index contributed by atoms with van der Waals surface area (Å²) in [5, 5.41) is 12.6. The van der Waals surface area contributed by atoms with E-state index in [1.165, 1.54) is 6.20 Å². The third kappa shape index (κ3) is 10.0. The van der Waals surface area contributed by atoms with Crippen LogP contribution < -0.4 is 0 Å². The number of benzene rings is 6. The molecule has 4 nitrogen and oxygen atoms in total. The monoisotopic (exact) mass is 1080 g/mol. The number of para-hydroxylation sites is 1. The summed E-state index contributed by atoms with van der Waals surface area (Å²) in [5.41, 5.74) is 8.31. The Morgan fingerprint density at radius 2 is 1.33 bits per heavy atom. The molecule has 0 aliphatic carbocycles. The van der Waals surface area contributed by atoms with Crippen LogP contribution in [0.4, 0.5) is 0 Å². The molecule has 0 fully saturated rings. The van der Waals surface area contributed by atoms with E-state index in [9.17, 15) is 5.11 Å². The number of aromatic hydroxyl groups is 1. The number of fused-ring (bicyclic) bond motifs is 1. The fourth-order valence-corrected chi connectivity index (χ4v) is 8.38. The van der Waals surface area contributed by atoms with E-state index in [2.05, 4.69) is 67.5 Å². The van der Waals surface area contributed by atoms with E-state index < -0.39 is 60.2 Å². The van der Waals surface area contributed by atoms with Gasteiger partial charge in [0.2, 0.25) is 0 Å². The van der Waals surface area contributed by atoms with Gasteiger partial charge in [-0.3, -0.25) is 9.55 Å². The topological polar surface area (TPSA) is 50.9 Å². The average molecular weight is 1080 g/mol. The molecule has 8 rings (SSSR count). The van der Waals surface area contributed by atoms with E-state index in [4.69, 9.17) is 25.0 Å². The molecule has 348 valence electrons. The number of hydrogen-bond donors (Lipinski definition) is 1. The maximum Gasteiger partial charge on any atom is 0.148 e. The van der Waals surface area contributed by atoms with Crippen molar-refractivity contribution in [2.75, 3.05) is 0 Å². The second-order valence-corrected chi connectivity index (χ2v) is 21.2. The number of phenolic OH excluding ortho intramolecular Hbond substituents is 1. The molecule has 8 aromatic rings. The van der Waals surface area contributed by atoms with E-state index in [1.807, 2.05) is 106 Å². The zero-order chi connectivity index (χ0) is 57.0. The fourth-order valence-electron chi connectivity index (χ4n) is 8.38. The Bertz CT molecular complexity index is 3610. The van der Waals surface area contributed by atoms with Gasteiger partial charge in [-0.25, -0.2) is 4.98 Å². The molecule has 2 aromatic heterocycles. The number of aromatic nitrogens is 3. The molecule has 0 saturated carbocycles. The Hall–Kier alpha value is -5.57. The van der Waals surface area contributed by atoms with Crippen LogP contribution in [0.2, 0.25) is 0 Å². The molecule has 0 spiro atoms. The summed E-state index contributed by atoms with van der Waals surface area (Å²) >= 11 is 0. The average Bonchev–Trinajstić information content (AvgIpc) is 3.78. The summed E-state index contributed by atoms with van der Waals surface area (Å²) in [5.74, 6) is -0.411. The van der Waals surface area contributed by atoms with Crippen LogP contribution in [0, 0.1) is 19.8 Å². The number of rotatable bonds is 8. The van der Waals surface area contributed by atoms with Gasteiger partial charge in [-0.1, -0.05) is 179 Å². The van der Waals surface area contributed by atoms with Gasteiger partial charge in [0, 0.05) is 48.1 Å². The largest absolute Gasteiger partial charge is 0.507 e. The number of phenols is 1. The smallest absolute Gasteiger partial charge is 0.148 e. The molecule has 5 heteroatoms. The Morgan fingerprint density at radius 1 is 0.657 bits per heavy atom. The van der Waals surface area contributed by atoms with E-state index in [1.54, 1.807) is 18.2 Å². The van der Waals surface area contributed by atoms with Gasteiger partial charge < -0.3 is 5.11 Å². The van der Waals surface area contributed by atoms with E-state index in [0.29, 0.717) is 67.2 Å². The number of nitrogens with zero attached hydrogens (tertiary/aromatic N) is 3. The molecule has 2 heterocycles. The van der Waals surface area contributed by atoms with Gasteiger partial charge in [0.1, 0.15) is 11.6 Å². The molecule has 1 N–H and O–H groups in total. The standard InChI is InChI=1S/C62H68N3O.Pt/c1-37(2)44-28-45(38(3)4)30-46(29-44)42-23-24-55(40(6)27-42)65-56-18-16-17-51(57(56)64-59(65)52-35-50(61(10,11)12)36-53(58(52)66)62(13,14)15)47-31-48(33-49(32-47)60(7,8)9)54-34-43(25-26-63-54)41-21-19-39(5)20-22-41;/h16-30,32-38,66H,1-15H3;/q-1;/i5D3,6D3,19D,20D,21D,22D,37D;. The molecule has 0 aliphatic rings. The minimum atomic E-state index is -2.86. The van der Waals surface area contributed by atoms with Crippen molar-refractivity contribution in [1.29, 1.82) is 0 Å². The minimum Gasteiger partial charge on any atom is -0.507 e. The molecular formula is C62H68N3OPt-. The van der Waals surface area contributed by atoms with Gasteiger partial charge in [0.25, 0.3) is 0 Å². The second-order valence-electron chi connectivity index (χ2n) is 21.2. The van der Waals surface area contributed by atoms with Gasteiger partial charge in [0.05, 0.1) is 27.8 Å². The molecule has 0 saturated heterocycles. The summed E-state index contributed by atoms with van der Waals surface area (Å²) in [7, 11) is 0. The summed E-state index contributed by atoms with van der Waals surface area (Å²) < 4.78 is 96.9. The van der Waals surface area contributed by atoms with Crippen LogP contribution in [-0.4, -0.2) is 19.6 Å². The number of pyridine rings is 1. The SMILES string of the molecule is [2H]c1c([2H])c(C([2H])([2H])[2H])c([2H])c([2H])c1-c1ccnc(-c2[c-]c(-c3cccc4c3nc(-c3cc(C(C)(C)C)cc(C(C)(C)C)c3O)n4-c3ccc(-c4cc(C(C)C)cc(C([2H])(C)C)c4)cc3C([2H])([2H])[2H])cc(C(C)(C)C)c2)c1.[Pt]. The summed E-state index contributed by atoms with van der Waals surface area (Å²) in [6.45, 7) is 21.1. The van der Waals surface area contributed by atoms with E-state index in [-0.39, 0.29) is 49.3 Å². The fraction of sp³-hybridized carbons (Fsp3) is 0.323. The van der Waals surface area contributed by atoms with Gasteiger partial charge >= 0.3 is 0 Å². The maximum atomic E-state index is 12.6. The van der Waals surface area contributed by atoms with Crippen LogP contribution in [0.3, 0.4) is 0 Å². The van der Waals surface area contributed by atoms with E-state index in [0.717, 1.165) is 27.8 Å². The summed E-state index contributed by atoms with van der Waals surface area (Å²) in [6.07, 6.45) is 1.51. The zero-order valence-electron chi connectivity index (χ0n) is 51.9.